The van der Waals surface area contributed by atoms with Crippen molar-refractivity contribution in [3.63, 3.8) is 0 Å². The van der Waals surface area contributed by atoms with Gasteiger partial charge in [0.2, 0.25) is 15.9 Å². The fourth-order valence-electron chi connectivity index (χ4n) is 7.51. The molecule has 1 aromatic heterocycles. The lowest BCUT2D eigenvalue weighted by Crippen LogP contribution is -2.41. The monoisotopic (exact) mass is 754 g/mol. The van der Waals surface area contributed by atoms with Crippen molar-refractivity contribution in [2.75, 3.05) is 20.3 Å². The van der Waals surface area contributed by atoms with Crippen molar-refractivity contribution in [3.8, 4) is 0 Å². The SMILES string of the molecule is CCN(C(=O)CCC/C=C\C[C@@H]1[C@@H](CC[C@@H](O)CCc2ccccc2)[C@H](O)C[C@@H]1O)[C@H]1CC(CCCOC)S(=O)(=O)c2sc(S(N)(=O)=O)cc21. The van der Waals surface area contributed by atoms with Crippen molar-refractivity contribution in [2.45, 2.75) is 122 Å². The summed E-state index contributed by atoms with van der Waals surface area (Å²) < 4.78 is 56.2. The van der Waals surface area contributed by atoms with Gasteiger partial charge in [0.1, 0.15) is 8.42 Å². The van der Waals surface area contributed by atoms with E-state index in [-0.39, 0.29) is 39.0 Å². The van der Waals surface area contributed by atoms with Gasteiger partial charge in [-0.15, -0.1) is 11.3 Å². The average molecular weight is 755 g/mol. The van der Waals surface area contributed by atoms with Gasteiger partial charge in [-0.3, -0.25) is 4.79 Å². The maximum Gasteiger partial charge on any atom is 0.247 e. The number of sulfonamides is 1. The molecule has 1 saturated carbocycles. The van der Waals surface area contributed by atoms with Crippen LogP contribution < -0.4 is 5.14 Å². The van der Waals surface area contributed by atoms with E-state index in [4.69, 9.17) is 9.88 Å². The van der Waals surface area contributed by atoms with Gasteiger partial charge in [0.15, 0.2) is 9.84 Å². The summed E-state index contributed by atoms with van der Waals surface area (Å²) in [5.74, 6) is -0.355. The summed E-state index contributed by atoms with van der Waals surface area (Å²) in [5, 5.41) is 36.5. The molecule has 1 aliphatic carbocycles. The fourth-order valence-corrected chi connectivity index (χ4v) is 12.2. The zero-order valence-corrected chi connectivity index (χ0v) is 31.5. The molecule has 11 nitrogen and oxygen atoms in total. The Balaban J connectivity index is 1.31. The van der Waals surface area contributed by atoms with E-state index in [0.29, 0.717) is 87.8 Å². The topological polar surface area (TPSA) is 185 Å². The molecule has 1 fully saturated rings. The van der Waals surface area contributed by atoms with E-state index in [0.717, 1.165) is 6.42 Å². The van der Waals surface area contributed by atoms with Gasteiger partial charge in [-0.2, -0.15) is 0 Å². The van der Waals surface area contributed by atoms with E-state index in [1.807, 2.05) is 49.4 Å². The number of hydrogen-bond donors (Lipinski definition) is 4. The molecule has 280 valence electrons. The van der Waals surface area contributed by atoms with Crippen LogP contribution in [0, 0.1) is 11.8 Å². The van der Waals surface area contributed by atoms with Gasteiger partial charge >= 0.3 is 0 Å². The first-order valence-corrected chi connectivity index (χ1v) is 21.6. The fraction of sp³-hybridized carbons (Fsp3) is 0.639. The molecule has 14 heteroatoms. The Morgan fingerprint density at radius 3 is 2.48 bits per heavy atom. The number of hydrogen-bond acceptors (Lipinski definition) is 10. The molecule has 50 heavy (non-hydrogen) atoms. The number of aryl methyl sites for hydroxylation is 1. The Morgan fingerprint density at radius 1 is 1.08 bits per heavy atom. The largest absolute Gasteiger partial charge is 0.393 e. The van der Waals surface area contributed by atoms with Crippen molar-refractivity contribution in [2.24, 2.45) is 17.0 Å². The van der Waals surface area contributed by atoms with Crippen LogP contribution in [0.25, 0.3) is 0 Å². The predicted octanol–water partition coefficient (Wildman–Crippen LogP) is 4.51. The molecule has 0 spiro atoms. The standard InChI is InChI=1S/C36H54N2O9S3/c1-3-38(31-22-27(14-11-21-47-2)49(43,44)36-30(31)23-35(48-36)50(37,45)46)34(42)16-10-5-4-9-15-28-29(33(41)24-32(28)40)20-19-26(39)18-17-25-12-7-6-8-13-25/h4,6-9,12-13,23,26-29,31-33,39-41H,3,5,10-11,14-22,24H2,1-2H3,(H2,37,45,46)/b9-4-/t26-,27?,28+,29+,31-,32-,33+/m0/s1. The van der Waals surface area contributed by atoms with Crippen molar-refractivity contribution in [1.82, 2.24) is 4.90 Å². The number of benzene rings is 1. The molecular formula is C36H54N2O9S3. The second-order valence-corrected chi connectivity index (χ2v) is 18.9. The van der Waals surface area contributed by atoms with Crippen LogP contribution in [0.3, 0.4) is 0 Å². The van der Waals surface area contributed by atoms with Crippen LogP contribution in [0.4, 0.5) is 0 Å². The highest BCUT2D eigenvalue weighted by atomic mass is 32.3. The molecule has 0 saturated heterocycles. The van der Waals surface area contributed by atoms with Crippen molar-refractivity contribution in [3.05, 3.63) is 59.7 Å². The second-order valence-electron chi connectivity index (χ2n) is 13.6. The molecule has 1 amide bonds. The number of methoxy groups -OCH3 is 1. The van der Waals surface area contributed by atoms with Crippen molar-refractivity contribution in [1.29, 1.82) is 0 Å². The van der Waals surface area contributed by atoms with Gasteiger partial charge in [0.05, 0.1) is 29.6 Å². The number of rotatable bonds is 19. The lowest BCUT2D eigenvalue weighted by Gasteiger charge is -2.37. The van der Waals surface area contributed by atoms with Gasteiger partial charge in [-0.1, -0.05) is 42.5 Å². The number of thiophene rings is 1. The molecule has 0 bridgehead atoms. The van der Waals surface area contributed by atoms with E-state index in [1.54, 1.807) is 12.0 Å². The number of nitrogens with zero attached hydrogens (tertiary/aromatic N) is 1. The maximum absolute atomic E-state index is 13.5. The van der Waals surface area contributed by atoms with Crippen LogP contribution in [0.1, 0.15) is 94.7 Å². The number of carbonyl (C=O) groups excluding carboxylic acids is 1. The Kier molecular flexibility index (Phi) is 15.1. The van der Waals surface area contributed by atoms with E-state index in [9.17, 15) is 36.9 Å². The quantitative estimate of drug-likeness (QED) is 0.118. The van der Waals surface area contributed by atoms with Crippen molar-refractivity contribution >= 4 is 37.1 Å². The van der Waals surface area contributed by atoms with Gasteiger partial charge in [-0.05, 0) is 101 Å². The number of fused-ring (bicyclic) bond motifs is 1. The Hall–Kier alpha value is -2.17. The number of amides is 1. The number of unbranched alkanes of at least 4 members (excludes halogenated alkanes) is 1. The number of primary sulfonamides is 1. The highest BCUT2D eigenvalue weighted by Crippen LogP contribution is 2.46. The summed E-state index contributed by atoms with van der Waals surface area (Å²) in [6, 6.07) is 10.7. The molecule has 1 unspecified atom stereocenters. The van der Waals surface area contributed by atoms with Crippen LogP contribution in [0.5, 0.6) is 0 Å². The summed E-state index contributed by atoms with van der Waals surface area (Å²) in [6.07, 6.45) is 8.24. The summed E-state index contributed by atoms with van der Waals surface area (Å²) in [6.45, 7) is 2.54. The van der Waals surface area contributed by atoms with Gasteiger partial charge in [-0.25, -0.2) is 22.0 Å². The molecular weight excluding hydrogens is 701 g/mol. The number of ether oxygens (including phenoxy) is 1. The third kappa shape index (κ3) is 10.5. The zero-order chi connectivity index (χ0) is 36.5. The number of carbonyl (C=O) groups is 1. The minimum atomic E-state index is -4.14. The number of aliphatic hydroxyl groups excluding tert-OH is 3. The van der Waals surface area contributed by atoms with Gasteiger partial charge in [0.25, 0.3) is 0 Å². The predicted molar refractivity (Wildman–Crippen MR) is 194 cm³/mol. The summed E-state index contributed by atoms with van der Waals surface area (Å²) in [7, 11) is -6.41. The Labute approximate surface area is 301 Å². The van der Waals surface area contributed by atoms with Crippen molar-refractivity contribution < 1.29 is 41.7 Å². The summed E-state index contributed by atoms with van der Waals surface area (Å²) in [4.78, 5) is 15.2. The molecule has 2 aromatic rings. The minimum Gasteiger partial charge on any atom is -0.393 e. The highest BCUT2D eigenvalue weighted by molar-refractivity contribution is 7.95. The molecule has 7 atom stereocenters. The first-order valence-electron chi connectivity index (χ1n) is 17.7. The molecule has 4 rings (SSSR count). The third-order valence-corrected chi connectivity index (χ3v) is 15.6. The van der Waals surface area contributed by atoms with E-state index in [2.05, 4.69) is 0 Å². The lowest BCUT2D eigenvalue weighted by atomic mass is 9.85. The molecule has 5 N–H and O–H groups in total. The third-order valence-electron chi connectivity index (χ3n) is 10.2. The minimum absolute atomic E-state index is 0.0337. The zero-order valence-electron chi connectivity index (χ0n) is 29.1. The molecule has 1 aliphatic heterocycles. The molecule has 2 aliphatic rings. The highest BCUT2D eigenvalue weighted by Gasteiger charge is 2.44. The van der Waals surface area contributed by atoms with Gasteiger partial charge < -0.3 is 25.0 Å². The lowest BCUT2D eigenvalue weighted by molar-refractivity contribution is -0.133. The summed E-state index contributed by atoms with van der Waals surface area (Å²) in [5.41, 5.74) is 1.49. The normalized spacial score (nSPS) is 25.5. The van der Waals surface area contributed by atoms with E-state index in [1.165, 1.54) is 11.6 Å². The average Bonchev–Trinajstić information content (AvgIpc) is 3.65. The van der Waals surface area contributed by atoms with Crippen LogP contribution in [-0.4, -0.2) is 86.8 Å². The van der Waals surface area contributed by atoms with Gasteiger partial charge in [0, 0.05) is 32.2 Å². The smallest absolute Gasteiger partial charge is 0.247 e. The van der Waals surface area contributed by atoms with Crippen LogP contribution in [0.15, 0.2) is 57.0 Å². The number of sulfone groups is 1. The molecule has 0 radical (unpaired) electrons. The molecule has 2 heterocycles. The van der Waals surface area contributed by atoms with E-state index >= 15 is 0 Å². The number of nitrogens with two attached hydrogens (primary N) is 1. The number of allylic oxidation sites excluding steroid dienone is 2. The van der Waals surface area contributed by atoms with Crippen LogP contribution in [0.2, 0.25) is 0 Å². The molecule has 1 aromatic carbocycles. The Morgan fingerprint density at radius 2 is 1.80 bits per heavy atom. The van der Waals surface area contributed by atoms with Crippen LogP contribution in [-0.2, 0) is 35.8 Å². The van der Waals surface area contributed by atoms with E-state index < -0.39 is 49.5 Å². The van der Waals surface area contributed by atoms with Crippen LogP contribution >= 0.6 is 11.3 Å². The maximum atomic E-state index is 13.5. The number of aliphatic hydroxyl groups is 3. The first kappa shape index (κ1) is 40.6. The first-order chi connectivity index (χ1) is 23.8. The Bertz CT molecular complexity index is 1630. The second kappa shape index (κ2) is 18.5. The summed E-state index contributed by atoms with van der Waals surface area (Å²) >= 11 is 0.653.